The summed E-state index contributed by atoms with van der Waals surface area (Å²) in [6.07, 6.45) is 0.630. The van der Waals surface area contributed by atoms with Crippen LogP contribution in [0.5, 0.6) is 0 Å². The lowest BCUT2D eigenvalue weighted by molar-refractivity contribution is -0.148. The summed E-state index contributed by atoms with van der Waals surface area (Å²) in [6, 6.07) is 4.49. The van der Waals surface area contributed by atoms with Crippen molar-refractivity contribution in [3.8, 4) is 0 Å². The molecule has 1 aromatic carbocycles. The average molecular weight is 347 g/mol. The number of esters is 2. The largest absolute Gasteiger partial charge is 0.465 e. The van der Waals surface area contributed by atoms with Crippen LogP contribution < -0.4 is 0 Å². The summed E-state index contributed by atoms with van der Waals surface area (Å²) < 4.78 is 9.68. The maximum atomic E-state index is 12.0. The SMILES string of the molecule is CCOC(=O)CN(C)C(=O)COC(=O)c1ccc2c(C=O)[nH]nc2c1. The predicted molar refractivity (Wildman–Crippen MR) is 86.0 cm³/mol. The molecule has 0 radical (unpaired) electrons. The molecule has 25 heavy (non-hydrogen) atoms. The predicted octanol–water partition coefficient (Wildman–Crippen LogP) is 0.554. The monoisotopic (exact) mass is 347 g/mol. The summed E-state index contributed by atoms with van der Waals surface area (Å²) in [4.78, 5) is 47.1. The number of likely N-dealkylation sites (N-methyl/N-ethyl adjacent to an activating group) is 1. The molecular formula is C16H17N3O6. The lowest BCUT2D eigenvalue weighted by Gasteiger charge is -2.15. The molecule has 1 aromatic heterocycles. The number of rotatable bonds is 7. The van der Waals surface area contributed by atoms with Crippen molar-refractivity contribution in [2.24, 2.45) is 0 Å². The molecule has 132 valence electrons. The highest BCUT2D eigenvalue weighted by molar-refractivity contribution is 5.99. The number of aromatic nitrogens is 2. The minimum atomic E-state index is -0.713. The highest BCUT2D eigenvalue weighted by atomic mass is 16.5. The normalized spacial score (nSPS) is 10.3. The molecule has 0 saturated heterocycles. The van der Waals surface area contributed by atoms with Gasteiger partial charge in [0.05, 0.1) is 17.7 Å². The van der Waals surface area contributed by atoms with Gasteiger partial charge in [0.25, 0.3) is 5.91 Å². The molecule has 0 saturated carbocycles. The number of aldehydes is 1. The molecule has 0 aliphatic carbocycles. The number of nitrogens with zero attached hydrogens (tertiary/aromatic N) is 2. The summed E-state index contributed by atoms with van der Waals surface area (Å²) in [5.74, 6) is -1.79. The summed E-state index contributed by atoms with van der Waals surface area (Å²) in [5, 5.41) is 7.04. The Morgan fingerprint density at radius 1 is 1.28 bits per heavy atom. The van der Waals surface area contributed by atoms with Gasteiger partial charge in [0.15, 0.2) is 12.9 Å². The van der Waals surface area contributed by atoms with Gasteiger partial charge in [-0.25, -0.2) is 4.79 Å². The van der Waals surface area contributed by atoms with E-state index in [-0.39, 0.29) is 18.7 Å². The van der Waals surface area contributed by atoms with Gasteiger partial charge in [-0.15, -0.1) is 0 Å². The second kappa shape index (κ2) is 8.04. The van der Waals surface area contributed by atoms with Gasteiger partial charge in [-0.3, -0.25) is 19.5 Å². The smallest absolute Gasteiger partial charge is 0.338 e. The molecule has 0 bridgehead atoms. The first kappa shape index (κ1) is 18.1. The number of carbonyl (C=O) groups excluding carboxylic acids is 4. The second-order valence-electron chi connectivity index (χ2n) is 5.12. The van der Waals surface area contributed by atoms with Crippen LogP contribution in [0.2, 0.25) is 0 Å². The van der Waals surface area contributed by atoms with Crippen molar-refractivity contribution in [1.29, 1.82) is 0 Å². The molecule has 1 amide bonds. The van der Waals surface area contributed by atoms with Crippen LogP contribution in [0.3, 0.4) is 0 Å². The van der Waals surface area contributed by atoms with E-state index in [9.17, 15) is 19.2 Å². The third kappa shape index (κ3) is 4.40. The van der Waals surface area contributed by atoms with Crippen molar-refractivity contribution in [1.82, 2.24) is 15.1 Å². The minimum Gasteiger partial charge on any atom is -0.465 e. The van der Waals surface area contributed by atoms with Crippen LogP contribution >= 0.6 is 0 Å². The number of hydrogen-bond donors (Lipinski definition) is 1. The number of ether oxygens (including phenoxy) is 2. The van der Waals surface area contributed by atoms with Gasteiger partial charge >= 0.3 is 11.9 Å². The number of carbonyl (C=O) groups is 4. The van der Waals surface area contributed by atoms with Gasteiger partial charge in [0.2, 0.25) is 0 Å². The quantitative estimate of drug-likeness (QED) is 0.574. The van der Waals surface area contributed by atoms with Gasteiger partial charge in [0, 0.05) is 12.4 Å². The molecule has 0 unspecified atom stereocenters. The van der Waals surface area contributed by atoms with E-state index < -0.39 is 24.5 Å². The maximum absolute atomic E-state index is 12.0. The van der Waals surface area contributed by atoms with Crippen LogP contribution in [0.15, 0.2) is 18.2 Å². The Balaban J connectivity index is 1.94. The number of hydrogen-bond acceptors (Lipinski definition) is 7. The summed E-state index contributed by atoms with van der Waals surface area (Å²) in [7, 11) is 1.41. The molecular weight excluding hydrogens is 330 g/mol. The molecule has 2 aromatic rings. The molecule has 1 N–H and O–H groups in total. The summed E-state index contributed by atoms with van der Waals surface area (Å²) >= 11 is 0. The zero-order chi connectivity index (χ0) is 18.4. The van der Waals surface area contributed by atoms with Crippen LogP contribution in [-0.4, -0.2) is 66.0 Å². The van der Waals surface area contributed by atoms with E-state index >= 15 is 0 Å². The van der Waals surface area contributed by atoms with Gasteiger partial charge in [-0.2, -0.15) is 5.10 Å². The van der Waals surface area contributed by atoms with E-state index in [4.69, 9.17) is 9.47 Å². The molecule has 0 atom stereocenters. The number of amides is 1. The van der Waals surface area contributed by atoms with Crippen LogP contribution in [0, 0.1) is 0 Å². The van der Waals surface area contributed by atoms with E-state index in [1.807, 2.05) is 0 Å². The highest BCUT2D eigenvalue weighted by Crippen LogP contribution is 2.17. The summed E-state index contributed by atoms with van der Waals surface area (Å²) in [6.45, 7) is 1.15. The van der Waals surface area contributed by atoms with Crippen molar-refractivity contribution in [2.75, 3.05) is 26.8 Å². The van der Waals surface area contributed by atoms with E-state index in [0.717, 1.165) is 4.90 Å². The lowest BCUT2D eigenvalue weighted by atomic mass is 10.1. The first-order valence-electron chi connectivity index (χ1n) is 7.46. The fourth-order valence-electron chi connectivity index (χ4n) is 2.06. The number of benzene rings is 1. The van der Waals surface area contributed by atoms with E-state index in [1.165, 1.54) is 19.2 Å². The maximum Gasteiger partial charge on any atom is 0.338 e. The zero-order valence-electron chi connectivity index (χ0n) is 13.8. The Morgan fingerprint density at radius 3 is 2.72 bits per heavy atom. The van der Waals surface area contributed by atoms with Crippen molar-refractivity contribution >= 4 is 35.0 Å². The molecule has 9 nitrogen and oxygen atoms in total. The number of H-pyrrole nitrogens is 1. The Morgan fingerprint density at radius 2 is 2.04 bits per heavy atom. The Bertz CT molecular complexity index is 813. The Labute approximate surface area is 142 Å². The van der Waals surface area contributed by atoms with E-state index in [2.05, 4.69) is 10.2 Å². The third-order valence-corrected chi connectivity index (χ3v) is 3.36. The lowest BCUT2D eigenvalue weighted by Crippen LogP contribution is -2.36. The zero-order valence-corrected chi connectivity index (χ0v) is 13.8. The molecule has 9 heteroatoms. The molecule has 2 rings (SSSR count). The van der Waals surface area contributed by atoms with Crippen LogP contribution in [0.1, 0.15) is 27.8 Å². The molecule has 0 aliphatic heterocycles. The first-order valence-corrected chi connectivity index (χ1v) is 7.46. The van der Waals surface area contributed by atoms with Crippen molar-refractivity contribution in [3.05, 3.63) is 29.5 Å². The number of nitrogens with one attached hydrogen (secondary N) is 1. The van der Waals surface area contributed by atoms with Crippen LogP contribution in [0.4, 0.5) is 0 Å². The summed E-state index contributed by atoms with van der Waals surface area (Å²) in [5.41, 5.74) is 0.935. The number of aromatic amines is 1. The van der Waals surface area contributed by atoms with Crippen molar-refractivity contribution in [3.63, 3.8) is 0 Å². The Hall–Kier alpha value is -3.23. The average Bonchev–Trinajstić information content (AvgIpc) is 3.01. The topological polar surface area (TPSA) is 119 Å². The van der Waals surface area contributed by atoms with Crippen molar-refractivity contribution < 1.29 is 28.7 Å². The van der Waals surface area contributed by atoms with Gasteiger partial charge in [-0.05, 0) is 25.1 Å². The fourth-order valence-corrected chi connectivity index (χ4v) is 2.06. The first-order chi connectivity index (χ1) is 12.0. The minimum absolute atomic E-state index is 0.192. The van der Waals surface area contributed by atoms with Gasteiger partial charge in [0.1, 0.15) is 12.2 Å². The second-order valence-corrected chi connectivity index (χ2v) is 5.12. The fraction of sp³-hybridized carbons (Fsp3) is 0.312. The molecule has 0 aliphatic rings. The van der Waals surface area contributed by atoms with Gasteiger partial charge in [-0.1, -0.05) is 0 Å². The van der Waals surface area contributed by atoms with E-state index in [1.54, 1.807) is 13.0 Å². The third-order valence-electron chi connectivity index (χ3n) is 3.36. The van der Waals surface area contributed by atoms with Crippen LogP contribution in [0.25, 0.3) is 10.9 Å². The number of fused-ring (bicyclic) bond motifs is 1. The molecule has 1 heterocycles. The highest BCUT2D eigenvalue weighted by Gasteiger charge is 2.17. The van der Waals surface area contributed by atoms with Gasteiger partial charge < -0.3 is 14.4 Å². The van der Waals surface area contributed by atoms with E-state index in [0.29, 0.717) is 22.9 Å². The van der Waals surface area contributed by atoms with Crippen LogP contribution in [-0.2, 0) is 19.1 Å². The van der Waals surface area contributed by atoms with Crippen molar-refractivity contribution in [2.45, 2.75) is 6.92 Å². The Kier molecular flexibility index (Phi) is 5.83. The molecule has 0 spiro atoms. The molecule has 0 fully saturated rings. The standard InChI is InChI=1S/C16H17N3O6/c1-3-24-15(22)7-19(2)14(21)9-25-16(23)10-4-5-11-12(6-10)17-18-13(11)8-20/h4-6,8H,3,7,9H2,1-2H3,(H,17,18).